The van der Waals surface area contributed by atoms with Crippen molar-refractivity contribution in [3.05, 3.63) is 59.4 Å². The van der Waals surface area contributed by atoms with Crippen molar-refractivity contribution >= 4 is 11.6 Å². The van der Waals surface area contributed by atoms with Crippen molar-refractivity contribution in [3.8, 4) is 5.75 Å². The third-order valence-corrected chi connectivity index (χ3v) is 3.17. The molecule has 2 aromatic carbocycles. The van der Waals surface area contributed by atoms with Crippen LogP contribution in [0.25, 0.3) is 0 Å². The van der Waals surface area contributed by atoms with Gasteiger partial charge in [-0.2, -0.15) is 0 Å². The van der Waals surface area contributed by atoms with Crippen LogP contribution in [0.3, 0.4) is 0 Å². The summed E-state index contributed by atoms with van der Waals surface area (Å²) < 4.78 is 18.8. The van der Waals surface area contributed by atoms with Crippen molar-refractivity contribution in [1.82, 2.24) is 0 Å². The third-order valence-electron chi connectivity index (χ3n) is 3.17. The van der Waals surface area contributed by atoms with E-state index in [-0.39, 0.29) is 18.3 Å². The zero-order valence-corrected chi connectivity index (χ0v) is 12.5. The minimum absolute atomic E-state index is 0.196. The molecule has 2 N–H and O–H groups in total. The van der Waals surface area contributed by atoms with Crippen molar-refractivity contribution in [1.29, 1.82) is 0 Å². The molecular formula is C17H18FNO3. The van der Waals surface area contributed by atoms with Crippen LogP contribution in [0.4, 0.5) is 10.1 Å². The Balaban J connectivity index is 1.92. The molecule has 1 amide bonds. The van der Waals surface area contributed by atoms with E-state index in [1.54, 1.807) is 50.2 Å². The molecule has 0 bridgehead atoms. The van der Waals surface area contributed by atoms with E-state index in [0.29, 0.717) is 22.6 Å². The molecule has 4 nitrogen and oxygen atoms in total. The molecule has 0 aliphatic rings. The summed E-state index contributed by atoms with van der Waals surface area (Å²) in [7, 11) is 0. The first kappa shape index (κ1) is 16.0. The van der Waals surface area contributed by atoms with Crippen molar-refractivity contribution in [2.45, 2.75) is 20.0 Å². The number of anilines is 1. The maximum Gasteiger partial charge on any atom is 0.262 e. The van der Waals surface area contributed by atoms with E-state index in [1.165, 1.54) is 6.07 Å². The fourth-order valence-electron chi connectivity index (χ4n) is 1.88. The van der Waals surface area contributed by atoms with Gasteiger partial charge in [0.25, 0.3) is 5.91 Å². The number of amides is 1. The van der Waals surface area contributed by atoms with E-state index in [0.717, 1.165) is 0 Å². The first-order valence-corrected chi connectivity index (χ1v) is 6.92. The van der Waals surface area contributed by atoms with Crippen LogP contribution < -0.4 is 10.1 Å². The van der Waals surface area contributed by atoms with Crippen LogP contribution in [-0.2, 0) is 4.79 Å². The van der Waals surface area contributed by atoms with Gasteiger partial charge in [0.15, 0.2) is 6.61 Å². The number of hydrogen-bond acceptors (Lipinski definition) is 3. The molecule has 2 aromatic rings. The molecule has 0 aliphatic carbocycles. The molecule has 0 saturated heterocycles. The van der Waals surface area contributed by atoms with Crippen molar-refractivity contribution in [2.75, 3.05) is 11.9 Å². The first-order chi connectivity index (χ1) is 10.5. The number of aliphatic hydroxyl groups excluding tert-OH is 1. The molecule has 0 radical (unpaired) electrons. The Labute approximate surface area is 128 Å². The fourth-order valence-corrected chi connectivity index (χ4v) is 1.88. The molecular weight excluding hydrogens is 285 g/mol. The van der Waals surface area contributed by atoms with Crippen molar-refractivity contribution in [2.24, 2.45) is 0 Å². The molecule has 0 heterocycles. The molecule has 0 aliphatic heterocycles. The highest BCUT2D eigenvalue weighted by atomic mass is 19.1. The molecule has 0 saturated carbocycles. The average Bonchev–Trinajstić information content (AvgIpc) is 2.49. The Morgan fingerprint density at radius 2 is 2.09 bits per heavy atom. The topological polar surface area (TPSA) is 58.6 Å². The maximum atomic E-state index is 13.4. The Morgan fingerprint density at radius 1 is 1.32 bits per heavy atom. The number of carbonyl (C=O) groups excluding carboxylic acids is 1. The molecule has 0 fully saturated rings. The summed E-state index contributed by atoms with van der Waals surface area (Å²) in [6, 6.07) is 11.4. The van der Waals surface area contributed by atoms with Gasteiger partial charge in [-0.15, -0.1) is 0 Å². The highest BCUT2D eigenvalue weighted by Crippen LogP contribution is 2.19. The molecule has 0 aromatic heterocycles. The predicted molar refractivity (Wildman–Crippen MR) is 82.3 cm³/mol. The summed E-state index contributed by atoms with van der Waals surface area (Å²) in [6.45, 7) is 3.11. The SMILES string of the molecule is Cc1ccc(NC(=O)COc2cccc(C(C)O)c2)cc1F. The van der Waals surface area contributed by atoms with Gasteiger partial charge in [-0.1, -0.05) is 18.2 Å². The van der Waals surface area contributed by atoms with Crippen LogP contribution in [0.1, 0.15) is 24.2 Å². The lowest BCUT2D eigenvalue weighted by molar-refractivity contribution is -0.118. The van der Waals surface area contributed by atoms with Gasteiger partial charge < -0.3 is 15.2 Å². The van der Waals surface area contributed by atoms with E-state index < -0.39 is 6.10 Å². The van der Waals surface area contributed by atoms with Crippen LogP contribution in [0, 0.1) is 12.7 Å². The number of benzene rings is 2. The number of hydrogen-bond donors (Lipinski definition) is 2. The van der Waals surface area contributed by atoms with Crippen LogP contribution in [0.5, 0.6) is 5.75 Å². The standard InChI is InChI=1S/C17H18FNO3/c1-11-6-7-14(9-16(11)18)19-17(21)10-22-15-5-3-4-13(8-15)12(2)20/h3-9,12,20H,10H2,1-2H3,(H,19,21). The molecule has 0 spiro atoms. The fraction of sp³-hybridized carbons (Fsp3) is 0.235. The summed E-state index contributed by atoms with van der Waals surface area (Å²) in [5.74, 6) is -0.266. The number of halogens is 1. The summed E-state index contributed by atoms with van der Waals surface area (Å²) in [4.78, 5) is 11.8. The van der Waals surface area contributed by atoms with Gasteiger partial charge in [-0.25, -0.2) is 4.39 Å². The monoisotopic (exact) mass is 303 g/mol. The normalized spacial score (nSPS) is 11.8. The lowest BCUT2D eigenvalue weighted by Crippen LogP contribution is -2.20. The zero-order valence-electron chi connectivity index (χ0n) is 12.5. The van der Waals surface area contributed by atoms with Gasteiger partial charge in [0.2, 0.25) is 0 Å². The Hall–Kier alpha value is -2.40. The van der Waals surface area contributed by atoms with Gasteiger partial charge in [-0.3, -0.25) is 4.79 Å². The lowest BCUT2D eigenvalue weighted by Gasteiger charge is -2.10. The van der Waals surface area contributed by atoms with E-state index in [4.69, 9.17) is 4.74 Å². The van der Waals surface area contributed by atoms with Gasteiger partial charge in [0.05, 0.1) is 6.10 Å². The Kier molecular flexibility index (Phi) is 5.12. The van der Waals surface area contributed by atoms with Gasteiger partial charge in [0.1, 0.15) is 11.6 Å². The molecule has 22 heavy (non-hydrogen) atoms. The molecule has 5 heteroatoms. The van der Waals surface area contributed by atoms with E-state index >= 15 is 0 Å². The van der Waals surface area contributed by atoms with Crippen LogP contribution in [0.2, 0.25) is 0 Å². The van der Waals surface area contributed by atoms with E-state index in [1.807, 2.05) is 0 Å². The summed E-state index contributed by atoms with van der Waals surface area (Å²) >= 11 is 0. The van der Waals surface area contributed by atoms with Gasteiger partial charge in [-0.05, 0) is 49.2 Å². The largest absolute Gasteiger partial charge is 0.484 e. The number of aliphatic hydroxyl groups is 1. The molecule has 2 rings (SSSR count). The maximum absolute atomic E-state index is 13.4. The van der Waals surface area contributed by atoms with Gasteiger partial charge >= 0.3 is 0 Å². The predicted octanol–water partition coefficient (Wildman–Crippen LogP) is 3.20. The smallest absolute Gasteiger partial charge is 0.262 e. The zero-order chi connectivity index (χ0) is 16.1. The van der Waals surface area contributed by atoms with Crippen LogP contribution in [-0.4, -0.2) is 17.6 Å². The highest BCUT2D eigenvalue weighted by Gasteiger charge is 2.07. The van der Waals surface area contributed by atoms with E-state index in [9.17, 15) is 14.3 Å². The van der Waals surface area contributed by atoms with Crippen LogP contribution >= 0.6 is 0 Å². The second-order valence-corrected chi connectivity index (χ2v) is 5.05. The van der Waals surface area contributed by atoms with Crippen LogP contribution in [0.15, 0.2) is 42.5 Å². The average molecular weight is 303 g/mol. The van der Waals surface area contributed by atoms with E-state index in [2.05, 4.69) is 5.32 Å². The highest BCUT2D eigenvalue weighted by molar-refractivity contribution is 5.91. The number of carbonyl (C=O) groups is 1. The van der Waals surface area contributed by atoms with Crippen molar-refractivity contribution < 1.29 is 19.0 Å². The minimum Gasteiger partial charge on any atom is -0.484 e. The molecule has 1 atom stereocenters. The van der Waals surface area contributed by atoms with Crippen molar-refractivity contribution in [3.63, 3.8) is 0 Å². The third kappa shape index (κ3) is 4.30. The number of rotatable bonds is 5. The number of nitrogens with one attached hydrogen (secondary N) is 1. The molecule has 116 valence electrons. The van der Waals surface area contributed by atoms with Gasteiger partial charge in [0, 0.05) is 5.69 Å². The number of ether oxygens (including phenoxy) is 1. The Bertz CT molecular complexity index is 671. The summed E-state index contributed by atoms with van der Waals surface area (Å²) in [5.41, 5.74) is 1.61. The first-order valence-electron chi connectivity index (χ1n) is 6.92. The second kappa shape index (κ2) is 7.04. The summed E-state index contributed by atoms with van der Waals surface area (Å²) in [5, 5.41) is 12.1. The quantitative estimate of drug-likeness (QED) is 0.891. The summed E-state index contributed by atoms with van der Waals surface area (Å²) in [6.07, 6.45) is -0.604. The second-order valence-electron chi connectivity index (χ2n) is 5.05. The number of aryl methyl sites for hydroxylation is 1. The lowest BCUT2D eigenvalue weighted by atomic mass is 10.1. The minimum atomic E-state index is -0.604. The molecule has 1 unspecified atom stereocenters. The Morgan fingerprint density at radius 3 is 2.77 bits per heavy atom.